The average molecular weight is 541 g/mol. The fourth-order valence-corrected chi connectivity index (χ4v) is 5.50. The van der Waals surface area contributed by atoms with Crippen LogP contribution in [0.2, 0.25) is 0 Å². The number of anilines is 1. The van der Waals surface area contributed by atoms with Gasteiger partial charge in [0.25, 0.3) is 0 Å². The van der Waals surface area contributed by atoms with Crippen molar-refractivity contribution in [1.82, 2.24) is 9.91 Å². The Morgan fingerprint density at radius 3 is 2.50 bits per heavy atom. The number of nitrogens with zero attached hydrogens (tertiary/aromatic N) is 3. The smallest absolute Gasteiger partial charge is 0.411 e. The van der Waals surface area contributed by atoms with E-state index >= 15 is 0 Å². The molecule has 2 heterocycles. The molecule has 0 radical (unpaired) electrons. The Morgan fingerprint density at radius 1 is 1.08 bits per heavy atom. The molecule has 9 nitrogen and oxygen atoms in total. The van der Waals surface area contributed by atoms with Gasteiger partial charge in [-0.2, -0.15) is 5.10 Å². The van der Waals surface area contributed by atoms with E-state index in [-0.39, 0.29) is 10.5 Å². The van der Waals surface area contributed by atoms with Gasteiger partial charge in [-0.15, -0.1) is 0 Å². The average Bonchev–Trinajstić information content (AvgIpc) is 3.46. The normalized spacial score (nSPS) is 17.8. The van der Waals surface area contributed by atoms with Gasteiger partial charge < -0.3 is 19.1 Å². The summed E-state index contributed by atoms with van der Waals surface area (Å²) in [6, 6.07) is 13.0. The van der Waals surface area contributed by atoms with Gasteiger partial charge in [-0.1, -0.05) is 30.8 Å². The largest absolute Gasteiger partial charge is 0.493 e. The summed E-state index contributed by atoms with van der Waals surface area (Å²) in [7, 11) is 3.20. The molecule has 0 saturated carbocycles. The lowest BCUT2D eigenvalue weighted by Gasteiger charge is -2.28. The highest BCUT2D eigenvalue weighted by Crippen LogP contribution is 2.33. The highest BCUT2D eigenvalue weighted by molar-refractivity contribution is 8.14. The molecular formula is C28H36N4O5S. The van der Waals surface area contributed by atoms with Crippen molar-refractivity contribution in [3.63, 3.8) is 0 Å². The molecule has 0 spiro atoms. The van der Waals surface area contributed by atoms with E-state index in [4.69, 9.17) is 19.3 Å². The number of nitrogens with one attached hydrogen (secondary N) is 1. The molecule has 2 aliphatic heterocycles. The summed E-state index contributed by atoms with van der Waals surface area (Å²) in [6.07, 6.45) is 3.65. The number of benzene rings is 2. The maximum absolute atomic E-state index is 12.9. The van der Waals surface area contributed by atoms with E-state index < -0.39 is 6.09 Å². The van der Waals surface area contributed by atoms with Gasteiger partial charge in [0, 0.05) is 17.8 Å². The third kappa shape index (κ3) is 7.20. The summed E-state index contributed by atoms with van der Waals surface area (Å²) in [5.41, 5.74) is 3.24. The van der Waals surface area contributed by atoms with Gasteiger partial charge in [-0.25, -0.2) is 9.80 Å². The van der Waals surface area contributed by atoms with Gasteiger partial charge in [0.15, 0.2) is 11.5 Å². The second kappa shape index (κ2) is 13.5. The summed E-state index contributed by atoms with van der Waals surface area (Å²) in [6.45, 7) is 6.01. The van der Waals surface area contributed by atoms with Gasteiger partial charge >= 0.3 is 11.3 Å². The Hall–Kier alpha value is -3.24. The minimum atomic E-state index is -0.462. The van der Waals surface area contributed by atoms with Crippen LogP contribution in [0.15, 0.2) is 47.6 Å². The van der Waals surface area contributed by atoms with E-state index in [2.05, 4.69) is 10.2 Å². The van der Waals surface area contributed by atoms with Crippen molar-refractivity contribution < 1.29 is 23.8 Å². The van der Waals surface area contributed by atoms with Crippen LogP contribution in [0.3, 0.4) is 0 Å². The Morgan fingerprint density at radius 2 is 1.82 bits per heavy atom. The van der Waals surface area contributed by atoms with Crippen LogP contribution >= 0.6 is 11.8 Å². The van der Waals surface area contributed by atoms with Crippen molar-refractivity contribution in [3.8, 4) is 11.5 Å². The van der Waals surface area contributed by atoms with Crippen LogP contribution in [0.4, 0.5) is 15.3 Å². The van der Waals surface area contributed by atoms with Crippen molar-refractivity contribution in [3.05, 3.63) is 53.6 Å². The van der Waals surface area contributed by atoms with Crippen molar-refractivity contribution in [1.29, 1.82) is 0 Å². The summed E-state index contributed by atoms with van der Waals surface area (Å²) >= 11 is 1.28. The summed E-state index contributed by atoms with van der Waals surface area (Å²) < 4.78 is 16.1. The lowest BCUT2D eigenvalue weighted by atomic mass is 10.0. The van der Waals surface area contributed by atoms with Crippen LogP contribution in [-0.2, 0) is 11.3 Å². The Labute approximate surface area is 228 Å². The van der Waals surface area contributed by atoms with Crippen LogP contribution in [0.1, 0.15) is 43.7 Å². The van der Waals surface area contributed by atoms with E-state index in [1.807, 2.05) is 37.3 Å². The minimum Gasteiger partial charge on any atom is -0.493 e. The monoisotopic (exact) mass is 540 g/mol. The fraction of sp³-hybridized carbons (Fsp3) is 0.464. The Kier molecular flexibility index (Phi) is 9.89. The summed E-state index contributed by atoms with van der Waals surface area (Å²) in [5.74, 6) is 1.25. The molecular weight excluding hydrogens is 504 g/mol. The zero-order chi connectivity index (χ0) is 26.9. The number of ether oxygens (including phenoxy) is 3. The number of carbonyl (C=O) groups excluding carboxylic acids is 2. The van der Waals surface area contributed by atoms with Gasteiger partial charge in [0.2, 0.25) is 0 Å². The molecule has 1 N–H and O–H groups in total. The maximum Gasteiger partial charge on any atom is 0.411 e. The van der Waals surface area contributed by atoms with Crippen LogP contribution in [0.5, 0.6) is 11.5 Å². The van der Waals surface area contributed by atoms with Crippen molar-refractivity contribution in [2.24, 2.45) is 5.10 Å². The van der Waals surface area contributed by atoms with E-state index in [1.54, 1.807) is 26.4 Å². The first kappa shape index (κ1) is 27.8. The first-order valence-corrected chi connectivity index (χ1v) is 13.9. The molecule has 2 aliphatic rings. The molecule has 10 heteroatoms. The molecule has 2 aromatic rings. The standard InChI is InChI=1S/C28H36N4O5S/c1-4-25-26(21-10-13-23(35-2)24(18-21)36-3)30-32(28(34)38-25)19-20-8-11-22(12-9-20)29-27(33)37-17-7-16-31-14-5-6-15-31/h8-13,18,25H,4-7,14-17,19H2,1-3H3,(H,29,33). The lowest BCUT2D eigenvalue weighted by molar-refractivity contribution is 0.154. The molecule has 0 aromatic heterocycles. The number of methoxy groups -OCH3 is 2. The molecule has 4 rings (SSSR count). The summed E-state index contributed by atoms with van der Waals surface area (Å²) in [4.78, 5) is 27.4. The third-order valence-corrected chi connectivity index (χ3v) is 7.87. The predicted octanol–water partition coefficient (Wildman–Crippen LogP) is 5.59. The van der Waals surface area contributed by atoms with Gasteiger partial charge in [-0.05, 0) is 74.7 Å². The number of hydrogen-bond donors (Lipinski definition) is 1. The van der Waals surface area contributed by atoms with Crippen LogP contribution in [-0.4, -0.2) is 72.7 Å². The molecule has 1 fully saturated rings. The molecule has 1 unspecified atom stereocenters. The highest BCUT2D eigenvalue weighted by Gasteiger charge is 2.30. The lowest BCUT2D eigenvalue weighted by Crippen LogP contribution is -2.34. The van der Waals surface area contributed by atoms with Crippen molar-refractivity contribution in [2.75, 3.05) is 45.8 Å². The molecule has 204 valence electrons. The number of thioether (sulfide) groups is 1. The van der Waals surface area contributed by atoms with E-state index in [9.17, 15) is 9.59 Å². The zero-order valence-corrected chi connectivity index (χ0v) is 23.1. The molecule has 38 heavy (non-hydrogen) atoms. The molecule has 0 bridgehead atoms. The van der Waals surface area contributed by atoms with Crippen molar-refractivity contribution >= 4 is 34.5 Å². The van der Waals surface area contributed by atoms with Gasteiger partial charge in [0.05, 0.1) is 38.3 Å². The SMILES string of the molecule is CCC1SC(=O)N(Cc2ccc(NC(=O)OCCCN3CCCC3)cc2)N=C1c1ccc(OC)c(OC)c1. The number of amides is 2. The minimum absolute atomic E-state index is 0.0511. The second-order valence-corrected chi connectivity index (χ2v) is 10.4. The highest BCUT2D eigenvalue weighted by atomic mass is 32.2. The fourth-order valence-electron chi connectivity index (χ4n) is 4.57. The first-order valence-electron chi connectivity index (χ1n) is 13.0. The summed E-state index contributed by atoms with van der Waals surface area (Å²) in [5, 5.41) is 8.84. The van der Waals surface area contributed by atoms with Crippen LogP contribution in [0, 0.1) is 0 Å². The quantitative estimate of drug-likeness (QED) is 0.372. The van der Waals surface area contributed by atoms with E-state index in [0.717, 1.165) is 49.3 Å². The van der Waals surface area contributed by atoms with Crippen molar-refractivity contribution in [2.45, 2.75) is 44.4 Å². The molecule has 2 amide bonds. The Bertz CT molecular complexity index is 1130. The molecule has 1 saturated heterocycles. The van der Waals surface area contributed by atoms with Crippen LogP contribution in [0.25, 0.3) is 0 Å². The third-order valence-electron chi connectivity index (χ3n) is 6.62. The van der Waals surface area contributed by atoms with Crippen LogP contribution < -0.4 is 14.8 Å². The van der Waals surface area contributed by atoms with E-state index in [1.165, 1.54) is 29.6 Å². The molecule has 2 aromatic carbocycles. The zero-order valence-electron chi connectivity index (χ0n) is 22.3. The predicted molar refractivity (Wildman–Crippen MR) is 150 cm³/mol. The Balaban J connectivity index is 1.35. The number of rotatable bonds is 11. The molecule has 1 atom stereocenters. The topological polar surface area (TPSA) is 92.7 Å². The number of hydrazone groups is 1. The second-order valence-electron chi connectivity index (χ2n) is 9.25. The van der Waals surface area contributed by atoms with E-state index in [0.29, 0.717) is 30.3 Å². The first-order chi connectivity index (χ1) is 18.5. The number of likely N-dealkylation sites (tertiary alicyclic amines) is 1. The molecule has 0 aliphatic carbocycles. The number of carbonyl (C=O) groups is 2. The van der Waals surface area contributed by atoms with Gasteiger partial charge in [0.1, 0.15) is 0 Å². The maximum atomic E-state index is 12.9. The number of hydrogen-bond acceptors (Lipinski definition) is 8. The van der Waals surface area contributed by atoms with Gasteiger partial charge in [-0.3, -0.25) is 10.1 Å².